The number of aryl methyl sites for hydroxylation is 1. The van der Waals surface area contributed by atoms with Gasteiger partial charge in [0.15, 0.2) is 12.4 Å². The average molecular weight is 499 g/mol. The predicted octanol–water partition coefficient (Wildman–Crippen LogP) is 3.75. The number of hydrogen-bond acceptors (Lipinski definition) is 7. The summed E-state index contributed by atoms with van der Waals surface area (Å²) in [4.78, 5) is 37.7. The Kier molecular flexibility index (Phi) is 6.80. The molecule has 0 spiro atoms. The monoisotopic (exact) mass is 498 g/mol. The molecule has 0 aliphatic carbocycles. The number of hydrogen-bond donors (Lipinski definition) is 1. The summed E-state index contributed by atoms with van der Waals surface area (Å²) in [5.74, 6) is -1.50. The van der Waals surface area contributed by atoms with Crippen molar-refractivity contribution < 1.29 is 27.5 Å². The van der Waals surface area contributed by atoms with Crippen LogP contribution in [-0.2, 0) is 21.2 Å². The molecule has 0 radical (unpaired) electrons. The van der Waals surface area contributed by atoms with Crippen molar-refractivity contribution in [3.05, 3.63) is 81.5 Å². The summed E-state index contributed by atoms with van der Waals surface area (Å²) in [5, 5.41) is 6.17. The van der Waals surface area contributed by atoms with E-state index in [-0.39, 0.29) is 17.2 Å². The molecule has 0 saturated heterocycles. The second-order valence-corrected chi connectivity index (χ2v) is 10.5. The van der Waals surface area contributed by atoms with Crippen molar-refractivity contribution in [2.24, 2.45) is 0 Å². The molecule has 3 aromatic rings. The van der Waals surface area contributed by atoms with Crippen molar-refractivity contribution in [3.63, 3.8) is 0 Å². The number of amides is 1. The molecule has 4 rings (SSSR count). The summed E-state index contributed by atoms with van der Waals surface area (Å²) in [5.41, 5.74) is 2.55. The van der Waals surface area contributed by atoms with Crippen molar-refractivity contribution in [1.82, 2.24) is 0 Å². The van der Waals surface area contributed by atoms with Gasteiger partial charge in [-0.15, -0.1) is 0 Å². The number of Topliss-reactive ketones (excluding diaryl/α,β-unsaturated/α-hetero) is 1. The molecule has 0 unspecified atom stereocenters. The number of ketones is 1. The maximum atomic E-state index is 12.7. The maximum absolute atomic E-state index is 12.7. The van der Waals surface area contributed by atoms with Gasteiger partial charge in [-0.3, -0.25) is 13.9 Å². The standard InChI is InChI=1S/C24H22N2O6S2/c1-34(30,31)26-11-4-5-16-13-17(8-9-21(16)26)22(27)14-32-24(29)19-6-2-3-7-20(19)25-23(28)18-10-12-33-15-18/h2-3,6-10,12-13,15H,4-5,11,14H2,1H3,(H,25,28). The molecule has 0 saturated carbocycles. The van der Waals surface area contributed by atoms with Gasteiger partial charge in [0, 0.05) is 17.5 Å². The van der Waals surface area contributed by atoms with Gasteiger partial charge in [0.2, 0.25) is 10.0 Å². The van der Waals surface area contributed by atoms with E-state index < -0.39 is 28.4 Å². The molecule has 2 heterocycles. The van der Waals surface area contributed by atoms with E-state index in [0.717, 1.165) is 11.8 Å². The highest BCUT2D eigenvalue weighted by atomic mass is 32.2. The van der Waals surface area contributed by atoms with Crippen LogP contribution in [0.5, 0.6) is 0 Å². The Morgan fingerprint density at radius 2 is 1.88 bits per heavy atom. The number of carbonyl (C=O) groups excluding carboxylic acids is 3. The van der Waals surface area contributed by atoms with E-state index in [4.69, 9.17) is 4.74 Å². The normalized spacial score (nSPS) is 13.1. The lowest BCUT2D eigenvalue weighted by atomic mass is 9.99. The molecule has 1 N–H and O–H groups in total. The van der Waals surface area contributed by atoms with Crippen LogP contribution < -0.4 is 9.62 Å². The van der Waals surface area contributed by atoms with Crippen LogP contribution in [0.25, 0.3) is 0 Å². The molecule has 2 aromatic carbocycles. The van der Waals surface area contributed by atoms with Crippen LogP contribution in [0.4, 0.5) is 11.4 Å². The Morgan fingerprint density at radius 3 is 2.62 bits per heavy atom. The van der Waals surface area contributed by atoms with Crippen LogP contribution in [0.15, 0.2) is 59.3 Å². The minimum atomic E-state index is -3.40. The van der Waals surface area contributed by atoms with Gasteiger partial charge < -0.3 is 10.1 Å². The zero-order valence-electron chi connectivity index (χ0n) is 18.3. The van der Waals surface area contributed by atoms with Gasteiger partial charge in [-0.1, -0.05) is 12.1 Å². The molecule has 1 aliphatic heterocycles. The lowest BCUT2D eigenvalue weighted by Crippen LogP contribution is -2.34. The van der Waals surface area contributed by atoms with Crippen molar-refractivity contribution >= 4 is 50.4 Å². The highest BCUT2D eigenvalue weighted by molar-refractivity contribution is 7.92. The zero-order valence-corrected chi connectivity index (χ0v) is 19.9. The molecule has 1 aliphatic rings. The number of benzene rings is 2. The van der Waals surface area contributed by atoms with Crippen LogP contribution in [0.3, 0.4) is 0 Å². The average Bonchev–Trinajstić information content (AvgIpc) is 3.36. The third-order valence-electron chi connectivity index (χ3n) is 5.39. The first-order valence-corrected chi connectivity index (χ1v) is 13.3. The van der Waals surface area contributed by atoms with E-state index in [2.05, 4.69) is 5.32 Å². The third kappa shape index (κ3) is 5.18. The smallest absolute Gasteiger partial charge is 0.340 e. The van der Waals surface area contributed by atoms with E-state index in [1.54, 1.807) is 47.2 Å². The van der Waals surface area contributed by atoms with Crippen molar-refractivity contribution in [3.8, 4) is 0 Å². The topological polar surface area (TPSA) is 110 Å². The Bertz CT molecular complexity index is 1350. The van der Waals surface area contributed by atoms with Gasteiger partial charge in [0.1, 0.15) is 0 Å². The molecule has 10 heteroatoms. The SMILES string of the molecule is CS(=O)(=O)N1CCCc2cc(C(=O)COC(=O)c3ccccc3NC(=O)c3ccsc3)ccc21. The number of fused-ring (bicyclic) bond motifs is 1. The van der Waals surface area contributed by atoms with Crippen LogP contribution >= 0.6 is 11.3 Å². The molecular formula is C24H22N2O6S2. The number of thiophene rings is 1. The summed E-state index contributed by atoms with van der Waals surface area (Å²) in [7, 11) is -3.40. The Morgan fingerprint density at radius 1 is 1.09 bits per heavy atom. The van der Waals surface area contributed by atoms with E-state index in [1.807, 2.05) is 0 Å². The second kappa shape index (κ2) is 9.78. The molecular weight excluding hydrogens is 476 g/mol. The minimum absolute atomic E-state index is 0.133. The lowest BCUT2D eigenvalue weighted by molar-refractivity contribution is 0.0475. The van der Waals surface area contributed by atoms with Gasteiger partial charge in [-0.05, 0) is 60.2 Å². The quantitative estimate of drug-likeness (QED) is 0.392. The van der Waals surface area contributed by atoms with Gasteiger partial charge in [0.05, 0.1) is 28.8 Å². The maximum Gasteiger partial charge on any atom is 0.340 e. The third-order valence-corrected chi connectivity index (χ3v) is 7.25. The highest BCUT2D eigenvalue weighted by Gasteiger charge is 2.25. The highest BCUT2D eigenvalue weighted by Crippen LogP contribution is 2.30. The molecule has 0 fully saturated rings. The minimum Gasteiger partial charge on any atom is -0.454 e. The molecule has 0 atom stereocenters. The Labute approximate surface area is 201 Å². The first-order chi connectivity index (χ1) is 16.2. The van der Waals surface area contributed by atoms with Gasteiger partial charge in [-0.2, -0.15) is 11.3 Å². The fourth-order valence-electron chi connectivity index (χ4n) is 3.73. The number of para-hydroxylation sites is 1. The van der Waals surface area contributed by atoms with Crippen LogP contribution in [0.1, 0.15) is 43.1 Å². The summed E-state index contributed by atoms with van der Waals surface area (Å²) in [6.45, 7) is -0.0840. The summed E-state index contributed by atoms with van der Waals surface area (Å²) in [6, 6.07) is 12.9. The number of anilines is 2. The Balaban J connectivity index is 1.44. The fourth-order valence-corrected chi connectivity index (χ4v) is 5.36. The van der Waals surface area contributed by atoms with E-state index in [9.17, 15) is 22.8 Å². The number of nitrogens with zero attached hydrogens (tertiary/aromatic N) is 1. The van der Waals surface area contributed by atoms with Gasteiger partial charge in [-0.25, -0.2) is 13.2 Å². The summed E-state index contributed by atoms with van der Waals surface area (Å²) < 4.78 is 30.6. The van der Waals surface area contributed by atoms with Crippen LogP contribution in [0.2, 0.25) is 0 Å². The predicted molar refractivity (Wildman–Crippen MR) is 130 cm³/mol. The number of rotatable bonds is 7. The van der Waals surface area contributed by atoms with Gasteiger partial charge in [0.25, 0.3) is 5.91 Å². The molecule has 0 bridgehead atoms. The molecule has 1 amide bonds. The van der Waals surface area contributed by atoms with Gasteiger partial charge >= 0.3 is 5.97 Å². The van der Waals surface area contributed by atoms with E-state index >= 15 is 0 Å². The van der Waals surface area contributed by atoms with Crippen molar-refractivity contribution in [1.29, 1.82) is 0 Å². The fraction of sp³-hybridized carbons (Fsp3) is 0.208. The zero-order chi connectivity index (χ0) is 24.3. The number of ether oxygens (including phenoxy) is 1. The molecule has 176 valence electrons. The molecule has 8 nitrogen and oxygen atoms in total. The van der Waals surface area contributed by atoms with E-state index in [0.29, 0.717) is 36.2 Å². The Hall–Kier alpha value is -3.50. The van der Waals surface area contributed by atoms with Crippen LogP contribution in [0, 0.1) is 0 Å². The first kappa shape index (κ1) is 23.7. The molecule has 1 aromatic heterocycles. The number of esters is 1. The number of sulfonamides is 1. The first-order valence-electron chi connectivity index (χ1n) is 10.5. The van der Waals surface area contributed by atoms with Crippen molar-refractivity contribution in [2.45, 2.75) is 12.8 Å². The van der Waals surface area contributed by atoms with Crippen molar-refractivity contribution in [2.75, 3.05) is 29.0 Å². The molecule has 34 heavy (non-hydrogen) atoms. The number of nitrogens with one attached hydrogen (secondary N) is 1. The van der Waals surface area contributed by atoms with Crippen LogP contribution in [-0.4, -0.2) is 45.5 Å². The lowest BCUT2D eigenvalue weighted by Gasteiger charge is -2.29. The summed E-state index contributed by atoms with van der Waals surface area (Å²) in [6.07, 6.45) is 2.46. The van der Waals surface area contributed by atoms with E-state index in [1.165, 1.54) is 27.8 Å². The summed E-state index contributed by atoms with van der Waals surface area (Å²) >= 11 is 1.39. The largest absolute Gasteiger partial charge is 0.454 e. The second-order valence-electron chi connectivity index (χ2n) is 7.79. The number of carbonyl (C=O) groups is 3.